The lowest BCUT2D eigenvalue weighted by Crippen LogP contribution is -2.04. The number of carbonyl (C=O) groups is 1. The normalized spacial score (nSPS) is 9.95. The number of nitrogens with zero attached hydrogens (tertiary/aromatic N) is 2. The van der Waals surface area contributed by atoms with Crippen molar-refractivity contribution in [3.8, 4) is 16.6 Å². The van der Waals surface area contributed by atoms with Gasteiger partial charge in [0.1, 0.15) is 21.8 Å². The van der Waals surface area contributed by atoms with Crippen molar-refractivity contribution in [1.82, 2.24) is 4.98 Å². The van der Waals surface area contributed by atoms with E-state index in [4.69, 9.17) is 10.00 Å². The van der Waals surface area contributed by atoms with Crippen LogP contribution in [0.5, 0.6) is 0 Å². The number of halogens is 1. The second kappa shape index (κ2) is 5.59. The fourth-order valence-corrected chi connectivity index (χ4v) is 2.43. The zero-order valence-electron chi connectivity index (χ0n) is 10.0. The van der Waals surface area contributed by atoms with Crippen LogP contribution in [0.25, 0.3) is 10.6 Å². The summed E-state index contributed by atoms with van der Waals surface area (Å²) in [6.07, 6.45) is 0. The number of thiazole rings is 1. The van der Waals surface area contributed by atoms with E-state index in [0.29, 0.717) is 15.6 Å². The van der Waals surface area contributed by atoms with Crippen LogP contribution >= 0.6 is 11.3 Å². The van der Waals surface area contributed by atoms with E-state index in [9.17, 15) is 9.18 Å². The van der Waals surface area contributed by atoms with Gasteiger partial charge in [-0.05, 0) is 31.2 Å². The molecule has 2 rings (SSSR count). The van der Waals surface area contributed by atoms with Crippen molar-refractivity contribution in [2.24, 2.45) is 0 Å². The molecule has 0 radical (unpaired) electrons. The molecule has 0 saturated heterocycles. The molecule has 0 saturated carbocycles. The van der Waals surface area contributed by atoms with Gasteiger partial charge in [0, 0.05) is 5.56 Å². The van der Waals surface area contributed by atoms with E-state index in [1.165, 1.54) is 12.1 Å². The number of aromatic nitrogens is 1. The second-order valence-electron chi connectivity index (χ2n) is 3.67. The molecule has 0 amide bonds. The van der Waals surface area contributed by atoms with Gasteiger partial charge in [0.25, 0.3) is 0 Å². The van der Waals surface area contributed by atoms with Crippen LogP contribution in [0.2, 0.25) is 0 Å². The summed E-state index contributed by atoms with van der Waals surface area (Å²) in [5.41, 5.74) is 1.26. The van der Waals surface area contributed by atoms with Crippen LogP contribution in [0.1, 0.15) is 15.4 Å². The summed E-state index contributed by atoms with van der Waals surface area (Å²) in [5, 5.41) is 8.98. The Bertz CT molecular complexity index is 644. The van der Waals surface area contributed by atoms with Gasteiger partial charge < -0.3 is 4.74 Å². The van der Waals surface area contributed by atoms with Crippen molar-refractivity contribution in [2.75, 3.05) is 6.61 Å². The smallest absolute Gasteiger partial charge is 0.351 e. The molecule has 1 heterocycles. The maximum absolute atomic E-state index is 12.8. The monoisotopic (exact) mass is 276 g/mol. The van der Waals surface area contributed by atoms with Crippen LogP contribution in [-0.2, 0) is 4.74 Å². The van der Waals surface area contributed by atoms with Crippen molar-refractivity contribution < 1.29 is 13.9 Å². The quantitative estimate of drug-likeness (QED) is 0.808. The number of hydrogen-bond acceptors (Lipinski definition) is 5. The Morgan fingerprint density at radius 3 is 2.79 bits per heavy atom. The zero-order valence-corrected chi connectivity index (χ0v) is 10.8. The van der Waals surface area contributed by atoms with Crippen LogP contribution in [0.4, 0.5) is 4.39 Å². The Kier molecular flexibility index (Phi) is 3.88. The van der Waals surface area contributed by atoms with Crippen molar-refractivity contribution in [3.05, 3.63) is 40.7 Å². The number of aryl methyl sites for hydroxylation is 1. The fraction of sp³-hybridized carbons (Fsp3) is 0.154. The van der Waals surface area contributed by atoms with E-state index in [1.54, 1.807) is 25.1 Å². The topological polar surface area (TPSA) is 63.0 Å². The average molecular weight is 276 g/mol. The highest BCUT2D eigenvalue weighted by atomic mass is 32.1. The molecule has 2 aromatic rings. The third-order valence-electron chi connectivity index (χ3n) is 2.34. The molecule has 0 N–H and O–H groups in total. The van der Waals surface area contributed by atoms with Gasteiger partial charge in [0.15, 0.2) is 6.61 Å². The number of ether oxygens (including phenoxy) is 1. The van der Waals surface area contributed by atoms with Crippen LogP contribution in [-0.4, -0.2) is 17.6 Å². The fourth-order valence-electron chi connectivity index (χ4n) is 1.47. The predicted molar refractivity (Wildman–Crippen MR) is 68.1 cm³/mol. The van der Waals surface area contributed by atoms with Crippen molar-refractivity contribution in [2.45, 2.75) is 6.92 Å². The van der Waals surface area contributed by atoms with Crippen LogP contribution in [0.3, 0.4) is 0 Å². The van der Waals surface area contributed by atoms with Gasteiger partial charge in [-0.15, -0.1) is 11.3 Å². The van der Waals surface area contributed by atoms with Gasteiger partial charge in [-0.1, -0.05) is 0 Å². The SMILES string of the molecule is Cc1nc(-c2ccc(F)cc2)sc1C(=O)OCC#N. The number of hydrogen-bond donors (Lipinski definition) is 0. The third kappa shape index (κ3) is 2.95. The molecule has 0 spiro atoms. The minimum absolute atomic E-state index is 0.290. The van der Waals surface area contributed by atoms with E-state index >= 15 is 0 Å². The standard InChI is InChI=1S/C13H9FN2O2S/c1-8-11(13(17)18-7-6-15)19-12(16-8)9-2-4-10(14)5-3-9/h2-5H,7H2,1H3. The molecule has 6 heteroatoms. The molecule has 0 unspecified atom stereocenters. The van der Waals surface area contributed by atoms with Gasteiger partial charge in [0.2, 0.25) is 0 Å². The minimum Gasteiger partial charge on any atom is -0.446 e. The third-order valence-corrected chi connectivity index (χ3v) is 3.53. The predicted octanol–water partition coefficient (Wildman–Crippen LogP) is 2.94. The molecule has 0 fully saturated rings. The molecule has 0 atom stereocenters. The molecule has 0 aliphatic carbocycles. The summed E-state index contributed by atoms with van der Waals surface area (Å²) in [4.78, 5) is 16.3. The van der Waals surface area contributed by atoms with E-state index in [0.717, 1.165) is 16.9 Å². The maximum atomic E-state index is 12.8. The first-order valence-electron chi connectivity index (χ1n) is 5.39. The molecular formula is C13H9FN2O2S. The highest BCUT2D eigenvalue weighted by molar-refractivity contribution is 7.17. The number of carbonyl (C=O) groups excluding carboxylic acids is 1. The minimum atomic E-state index is -0.565. The first-order chi connectivity index (χ1) is 9.11. The van der Waals surface area contributed by atoms with Gasteiger partial charge in [-0.25, -0.2) is 14.2 Å². The Morgan fingerprint density at radius 1 is 1.47 bits per heavy atom. The molecule has 1 aromatic carbocycles. The number of esters is 1. The van der Waals surface area contributed by atoms with Crippen LogP contribution in [0.15, 0.2) is 24.3 Å². The highest BCUT2D eigenvalue weighted by Crippen LogP contribution is 2.28. The van der Waals surface area contributed by atoms with Crippen LogP contribution in [0, 0.1) is 24.1 Å². The summed E-state index contributed by atoms with van der Waals surface area (Å²) in [7, 11) is 0. The Balaban J connectivity index is 2.28. The van der Waals surface area contributed by atoms with E-state index < -0.39 is 5.97 Å². The van der Waals surface area contributed by atoms with Crippen LogP contribution < -0.4 is 0 Å². The number of nitriles is 1. The van der Waals surface area contributed by atoms with Crippen molar-refractivity contribution in [3.63, 3.8) is 0 Å². The van der Waals surface area contributed by atoms with Gasteiger partial charge in [0.05, 0.1) is 5.69 Å². The Labute approximate surface area is 113 Å². The average Bonchev–Trinajstić information content (AvgIpc) is 2.79. The molecule has 96 valence electrons. The molecule has 0 aliphatic heterocycles. The Morgan fingerprint density at radius 2 is 2.16 bits per heavy atom. The summed E-state index contributed by atoms with van der Waals surface area (Å²) in [6, 6.07) is 7.59. The Hall–Kier alpha value is -2.26. The summed E-state index contributed by atoms with van der Waals surface area (Å²) >= 11 is 1.16. The highest BCUT2D eigenvalue weighted by Gasteiger charge is 2.17. The lowest BCUT2D eigenvalue weighted by atomic mass is 10.2. The first kappa shape index (κ1) is 13.2. The summed E-state index contributed by atoms with van der Waals surface area (Å²) < 4.78 is 17.6. The van der Waals surface area contributed by atoms with E-state index in [1.807, 2.05) is 0 Å². The molecule has 1 aromatic heterocycles. The lowest BCUT2D eigenvalue weighted by Gasteiger charge is -1.96. The molecule has 0 aliphatic rings. The van der Waals surface area contributed by atoms with E-state index in [2.05, 4.69) is 4.98 Å². The molecule has 19 heavy (non-hydrogen) atoms. The number of rotatable bonds is 3. The zero-order chi connectivity index (χ0) is 13.8. The van der Waals surface area contributed by atoms with Gasteiger partial charge in [-0.2, -0.15) is 5.26 Å². The molecular weight excluding hydrogens is 267 g/mol. The van der Waals surface area contributed by atoms with E-state index in [-0.39, 0.29) is 12.4 Å². The largest absolute Gasteiger partial charge is 0.446 e. The summed E-state index contributed by atoms with van der Waals surface area (Å²) in [5.74, 6) is -0.893. The summed E-state index contributed by atoms with van der Waals surface area (Å²) in [6.45, 7) is 1.40. The van der Waals surface area contributed by atoms with Gasteiger partial charge in [-0.3, -0.25) is 0 Å². The van der Waals surface area contributed by atoms with Crippen molar-refractivity contribution >= 4 is 17.3 Å². The van der Waals surface area contributed by atoms with Gasteiger partial charge >= 0.3 is 5.97 Å². The lowest BCUT2D eigenvalue weighted by molar-refractivity contribution is 0.0559. The second-order valence-corrected chi connectivity index (χ2v) is 4.67. The van der Waals surface area contributed by atoms with Crippen molar-refractivity contribution in [1.29, 1.82) is 5.26 Å². The first-order valence-corrected chi connectivity index (χ1v) is 6.21. The molecule has 4 nitrogen and oxygen atoms in total. The molecule has 0 bridgehead atoms. The maximum Gasteiger partial charge on any atom is 0.351 e. The number of benzene rings is 1.